The van der Waals surface area contributed by atoms with Gasteiger partial charge in [-0.25, -0.2) is 9.78 Å². The molecule has 3 rings (SSSR count). The van der Waals surface area contributed by atoms with Crippen molar-refractivity contribution < 1.29 is 15.0 Å². The molecule has 1 heterocycles. The van der Waals surface area contributed by atoms with Crippen molar-refractivity contribution in [2.75, 3.05) is 11.9 Å². The number of carboxylic acid groups (broad SMARTS) is 1. The Hall–Kier alpha value is -1.92. The molecule has 0 saturated carbocycles. The molecule has 6 heteroatoms. The molecule has 0 spiro atoms. The Balaban J connectivity index is 2.01. The molecular weight excluding hydrogens is 336 g/mol. The number of carboxylic acids is 1. The van der Waals surface area contributed by atoms with Gasteiger partial charge >= 0.3 is 5.97 Å². The fraction of sp³-hybridized carbons (Fsp3) is 0.474. The highest BCUT2D eigenvalue weighted by Gasteiger charge is 2.46. The molecule has 1 aromatic heterocycles. The van der Waals surface area contributed by atoms with Gasteiger partial charge in [-0.15, -0.1) is 11.3 Å². The minimum Gasteiger partial charge on any atom is -0.478 e. The molecule has 2 aromatic rings. The zero-order chi connectivity index (χ0) is 18.6. The summed E-state index contributed by atoms with van der Waals surface area (Å²) in [6.07, 6.45) is 0.288. The SMILES string of the molecule is CN(c1ccc(C(=O)O)cc1)c1nc2c(s1)C(C)(C)CC(O)C2(C)C. The van der Waals surface area contributed by atoms with Crippen LogP contribution in [0, 0.1) is 0 Å². The zero-order valence-corrected chi connectivity index (χ0v) is 16.0. The Morgan fingerprint density at radius 1 is 1.24 bits per heavy atom. The van der Waals surface area contributed by atoms with Gasteiger partial charge in [0.25, 0.3) is 0 Å². The van der Waals surface area contributed by atoms with Crippen molar-refractivity contribution in [2.45, 2.75) is 51.0 Å². The van der Waals surface area contributed by atoms with E-state index in [1.54, 1.807) is 35.6 Å². The number of benzene rings is 1. The normalized spacial score (nSPS) is 20.8. The molecule has 1 atom stereocenters. The van der Waals surface area contributed by atoms with E-state index in [-0.39, 0.29) is 16.4 Å². The molecular formula is C19H24N2O3S. The van der Waals surface area contributed by atoms with Crippen molar-refractivity contribution in [2.24, 2.45) is 0 Å². The Bertz CT molecular complexity index is 809. The van der Waals surface area contributed by atoms with Crippen LogP contribution in [0.3, 0.4) is 0 Å². The van der Waals surface area contributed by atoms with E-state index in [1.807, 2.05) is 25.8 Å². The predicted octanol–water partition coefficient (Wildman–Crippen LogP) is 3.93. The summed E-state index contributed by atoms with van der Waals surface area (Å²) in [6, 6.07) is 6.77. The number of hydrogen-bond acceptors (Lipinski definition) is 5. The van der Waals surface area contributed by atoms with Crippen molar-refractivity contribution in [1.29, 1.82) is 0 Å². The number of nitrogens with zero attached hydrogens (tertiary/aromatic N) is 2. The van der Waals surface area contributed by atoms with Gasteiger partial charge in [0.05, 0.1) is 17.4 Å². The molecule has 1 aliphatic carbocycles. The van der Waals surface area contributed by atoms with Crippen LogP contribution in [0.1, 0.15) is 55.0 Å². The number of fused-ring (bicyclic) bond motifs is 1. The first-order valence-corrected chi connectivity index (χ1v) is 9.12. The molecule has 25 heavy (non-hydrogen) atoms. The fourth-order valence-electron chi connectivity index (χ4n) is 3.27. The number of aromatic nitrogens is 1. The van der Waals surface area contributed by atoms with Crippen molar-refractivity contribution >= 4 is 28.1 Å². The van der Waals surface area contributed by atoms with Gasteiger partial charge in [0.15, 0.2) is 5.13 Å². The Morgan fingerprint density at radius 3 is 2.40 bits per heavy atom. The molecule has 1 aliphatic rings. The Morgan fingerprint density at radius 2 is 1.84 bits per heavy atom. The van der Waals surface area contributed by atoms with Crippen LogP contribution in [0.25, 0.3) is 0 Å². The second-order valence-corrected chi connectivity index (χ2v) is 8.89. The smallest absolute Gasteiger partial charge is 0.335 e. The third-order valence-corrected chi connectivity index (χ3v) is 6.66. The maximum absolute atomic E-state index is 11.0. The predicted molar refractivity (Wildman–Crippen MR) is 100 cm³/mol. The summed E-state index contributed by atoms with van der Waals surface area (Å²) in [5.74, 6) is -0.934. The quantitative estimate of drug-likeness (QED) is 0.867. The summed E-state index contributed by atoms with van der Waals surface area (Å²) in [5, 5.41) is 20.4. The molecule has 0 radical (unpaired) electrons. The largest absolute Gasteiger partial charge is 0.478 e. The molecule has 134 valence electrons. The zero-order valence-electron chi connectivity index (χ0n) is 15.2. The van der Waals surface area contributed by atoms with E-state index < -0.39 is 12.1 Å². The number of rotatable bonds is 3. The van der Waals surface area contributed by atoms with Gasteiger partial charge in [-0.1, -0.05) is 27.7 Å². The van der Waals surface area contributed by atoms with E-state index in [9.17, 15) is 9.90 Å². The van der Waals surface area contributed by atoms with Crippen LogP contribution >= 0.6 is 11.3 Å². The molecule has 1 unspecified atom stereocenters. The van der Waals surface area contributed by atoms with E-state index in [1.165, 1.54) is 4.88 Å². The first kappa shape index (κ1) is 17.9. The summed E-state index contributed by atoms with van der Waals surface area (Å²) >= 11 is 1.65. The van der Waals surface area contributed by atoms with Crippen molar-refractivity contribution in [1.82, 2.24) is 4.98 Å². The molecule has 1 aromatic carbocycles. The Labute approximate surface area is 152 Å². The Kier molecular flexibility index (Phi) is 4.16. The first-order valence-electron chi connectivity index (χ1n) is 8.31. The lowest BCUT2D eigenvalue weighted by Gasteiger charge is -2.41. The minimum atomic E-state index is -0.934. The summed E-state index contributed by atoms with van der Waals surface area (Å²) in [5.41, 5.74) is 1.61. The van der Waals surface area contributed by atoms with Gasteiger partial charge < -0.3 is 15.1 Å². The van der Waals surface area contributed by atoms with Gasteiger partial charge in [-0.2, -0.15) is 0 Å². The summed E-state index contributed by atoms with van der Waals surface area (Å²) in [4.78, 5) is 19.0. The lowest BCUT2D eigenvalue weighted by molar-refractivity contribution is 0.0575. The van der Waals surface area contributed by atoms with Crippen LogP contribution in [0.2, 0.25) is 0 Å². The van der Waals surface area contributed by atoms with Crippen LogP contribution in [0.4, 0.5) is 10.8 Å². The molecule has 0 aliphatic heterocycles. The molecule has 2 N–H and O–H groups in total. The fourth-order valence-corrected chi connectivity index (χ4v) is 4.60. The number of aromatic carboxylic acids is 1. The van der Waals surface area contributed by atoms with E-state index in [0.717, 1.165) is 16.5 Å². The van der Waals surface area contributed by atoms with E-state index >= 15 is 0 Å². The van der Waals surface area contributed by atoms with Crippen LogP contribution in [-0.4, -0.2) is 34.3 Å². The molecule has 0 saturated heterocycles. The van der Waals surface area contributed by atoms with Gasteiger partial charge in [0.2, 0.25) is 0 Å². The lowest BCUT2D eigenvalue weighted by atomic mass is 9.67. The number of hydrogen-bond donors (Lipinski definition) is 2. The summed E-state index contributed by atoms with van der Waals surface area (Å²) in [6.45, 7) is 8.37. The summed E-state index contributed by atoms with van der Waals surface area (Å²) < 4.78 is 0. The van der Waals surface area contributed by atoms with Crippen LogP contribution in [0.15, 0.2) is 24.3 Å². The van der Waals surface area contributed by atoms with E-state index in [2.05, 4.69) is 13.8 Å². The second kappa shape index (κ2) is 5.81. The maximum Gasteiger partial charge on any atom is 0.335 e. The van der Waals surface area contributed by atoms with Crippen LogP contribution < -0.4 is 4.90 Å². The van der Waals surface area contributed by atoms with E-state index in [4.69, 9.17) is 10.1 Å². The first-order chi connectivity index (χ1) is 11.5. The molecule has 5 nitrogen and oxygen atoms in total. The topological polar surface area (TPSA) is 73.7 Å². The average Bonchev–Trinajstić information content (AvgIpc) is 3.00. The van der Waals surface area contributed by atoms with Crippen molar-refractivity contribution in [3.8, 4) is 0 Å². The van der Waals surface area contributed by atoms with Crippen LogP contribution in [-0.2, 0) is 10.8 Å². The standard InChI is InChI=1S/C19H24N2O3S/c1-18(2)10-13(22)19(3,4)14-15(18)25-17(20-14)21(5)12-8-6-11(7-9-12)16(23)24/h6-9,13,22H,10H2,1-5H3,(H,23,24). The highest BCUT2D eigenvalue weighted by Crippen LogP contribution is 2.50. The maximum atomic E-state index is 11.0. The molecule has 0 bridgehead atoms. The molecule has 0 amide bonds. The number of aliphatic hydroxyl groups excluding tert-OH is 1. The van der Waals surface area contributed by atoms with Gasteiger partial charge in [0, 0.05) is 28.4 Å². The number of anilines is 2. The van der Waals surface area contributed by atoms with Gasteiger partial charge in [0.1, 0.15) is 0 Å². The third kappa shape index (κ3) is 2.93. The number of aliphatic hydroxyl groups is 1. The minimum absolute atomic E-state index is 0.117. The highest BCUT2D eigenvalue weighted by atomic mass is 32.1. The monoisotopic (exact) mass is 360 g/mol. The summed E-state index contributed by atoms with van der Waals surface area (Å²) in [7, 11) is 1.93. The van der Waals surface area contributed by atoms with E-state index in [0.29, 0.717) is 6.42 Å². The van der Waals surface area contributed by atoms with Crippen LogP contribution in [0.5, 0.6) is 0 Å². The van der Waals surface area contributed by atoms with Gasteiger partial charge in [-0.05, 0) is 30.7 Å². The second-order valence-electron chi connectivity index (χ2n) is 7.91. The van der Waals surface area contributed by atoms with Gasteiger partial charge in [-0.3, -0.25) is 0 Å². The number of carbonyl (C=O) groups is 1. The lowest BCUT2D eigenvalue weighted by Crippen LogP contribution is -2.44. The number of thiazole rings is 1. The molecule has 0 fully saturated rings. The van der Waals surface area contributed by atoms with Crippen molar-refractivity contribution in [3.63, 3.8) is 0 Å². The van der Waals surface area contributed by atoms with Crippen molar-refractivity contribution in [3.05, 3.63) is 40.4 Å². The average molecular weight is 360 g/mol. The third-order valence-electron chi connectivity index (χ3n) is 5.17. The highest BCUT2D eigenvalue weighted by molar-refractivity contribution is 7.16.